The van der Waals surface area contributed by atoms with E-state index in [1.807, 2.05) is 6.92 Å². The highest BCUT2D eigenvalue weighted by Gasteiger charge is 2.17. The number of benzene rings is 1. The van der Waals surface area contributed by atoms with Crippen molar-refractivity contribution in [2.75, 3.05) is 13.1 Å². The monoisotopic (exact) mass is 356 g/mol. The number of aromatic nitrogens is 1. The van der Waals surface area contributed by atoms with E-state index in [9.17, 15) is 19.7 Å². The van der Waals surface area contributed by atoms with Crippen molar-refractivity contribution in [3.05, 3.63) is 69.0 Å². The number of rotatable bonds is 7. The van der Waals surface area contributed by atoms with Gasteiger partial charge in [-0.25, -0.2) is 0 Å². The Bertz CT molecular complexity index is 818. The van der Waals surface area contributed by atoms with E-state index >= 15 is 0 Å². The third-order valence-corrected chi connectivity index (χ3v) is 3.84. The van der Waals surface area contributed by atoms with Crippen molar-refractivity contribution >= 4 is 17.5 Å². The zero-order valence-electron chi connectivity index (χ0n) is 14.6. The van der Waals surface area contributed by atoms with E-state index in [2.05, 4.69) is 15.6 Å². The largest absolute Gasteiger partial charge is 0.352 e. The molecule has 8 nitrogen and oxygen atoms in total. The van der Waals surface area contributed by atoms with Gasteiger partial charge in [0.15, 0.2) is 0 Å². The van der Waals surface area contributed by atoms with Crippen molar-refractivity contribution in [2.24, 2.45) is 0 Å². The maximum Gasteiger partial charge on any atom is 0.273 e. The van der Waals surface area contributed by atoms with Gasteiger partial charge in [0.05, 0.1) is 10.5 Å². The number of amides is 2. The Labute approximate surface area is 150 Å². The quantitative estimate of drug-likeness (QED) is 0.448. The lowest BCUT2D eigenvalue weighted by Gasteiger charge is -2.09. The van der Waals surface area contributed by atoms with Gasteiger partial charge >= 0.3 is 0 Å². The van der Waals surface area contributed by atoms with Gasteiger partial charge in [0.25, 0.3) is 17.5 Å². The summed E-state index contributed by atoms with van der Waals surface area (Å²) in [5.74, 6) is -0.599. The first kappa shape index (κ1) is 19.0. The molecule has 0 saturated heterocycles. The van der Waals surface area contributed by atoms with Crippen molar-refractivity contribution in [1.82, 2.24) is 15.6 Å². The van der Waals surface area contributed by atoms with Crippen LogP contribution in [0, 0.1) is 24.0 Å². The average molecular weight is 356 g/mol. The van der Waals surface area contributed by atoms with E-state index in [4.69, 9.17) is 0 Å². The molecule has 0 radical (unpaired) electrons. The van der Waals surface area contributed by atoms with Crippen LogP contribution in [0.4, 0.5) is 5.69 Å². The van der Waals surface area contributed by atoms with Crippen LogP contribution in [0.1, 0.15) is 38.4 Å². The summed E-state index contributed by atoms with van der Waals surface area (Å²) in [6.45, 7) is 4.12. The summed E-state index contributed by atoms with van der Waals surface area (Å²) in [6.07, 6.45) is 2.04. The van der Waals surface area contributed by atoms with E-state index in [-0.39, 0.29) is 23.1 Å². The van der Waals surface area contributed by atoms with Crippen molar-refractivity contribution in [2.45, 2.75) is 20.3 Å². The maximum absolute atomic E-state index is 12.2. The Morgan fingerprint density at radius 2 is 1.77 bits per heavy atom. The van der Waals surface area contributed by atoms with Crippen molar-refractivity contribution in [1.29, 1.82) is 0 Å². The molecule has 2 rings (SSSR count). The van der Waals surface area contributed by atoms with Gasteiger partial charge in [0, 0.05) is 42.2 Å². The number of nitrogens with zero attached hydrogens (tertiary/aromatic N) is 2. The third kappa shape index (κ3) is 4.85. The van der Waals surface area contributed by atoms with Gasteiger partial charge in [-0.3, -0.25) is 24.7 Å². The molecule has 0 atom stereocenters. The number of hydrogen-bond donors (Lipinski definition) is 2. The molecule has 8 heteroatoms. The molecule has 26 heavy (non-hydrogen) atoms. The summed E-state index contributed by atoms with van der Waals surface area (Å²) >= 11 is 0. The molecule has 2 N–H and O–H groups in total. The zero-order chi connectivity index (χ0) is 19.1. The van der Waals surface area contributed by atoms with E-state index in [1.54, 1.807) is 25.1 Å². The summed E-state index contributed by atoms with van der Waals surface area (Å²) in [6, 6.07) is 7.85. The van der Waals surface area contributed by atoms with Crippen LogP contribution in [0.25, 0.3) is 0 Å². The van der Waals surface area contributed by atoms with Crippen LogP contribution in [0.2, 0.25) is 0 Å². The Balaban J connectivity index is 1.79. The van der Waals surface area contributed by atoms with Crippen LogP contribution in [-0.4, -0.2) is 34.8 Å². The Morgan fingerprint density at radius 1 is 1.08 bits per heavy atom. The van der Waals surface area contributed by atoms with E-state index in [0.717, 1.165) is 5.69 Å². The predicted octanol–water partition coefficient (Wildman–Crippen LogP) is 2.16. The van der Waals surface area contributed by atoms with Gasteiger partial charge in [-0.15, -0.1) is 0 Å². The second kappa shape index (κ2) is 8.70. The van der Waals surface area contributed by atoms with Crippen LogP contribution in [0.15, 0.2) is 36.5 Å². The molecular weight excluding hydrogens is 336 g/mol. The van der Waals surface area contributed by atoms with Crippen LogP contribution < -0.4 is 10.6 Å². The van der Waals surface area contributed by atoms with Gasteiger partial charge in [-0.2, -0.15) is 0 Å². The number of nitro benzene ring substituents is 1. The zero-order valence-corrected chi connectivity index (χ0v) is 14.6. The molecule has 0 bridgehead atoms. The number of aryl methyl sites for hydroxylation is 1. The Kier molecular flexibility index (Phi) is 6.37. The van der Waals surface area contributed by atoms with Crippen molar-refractivity contribution in [3.8, 4) is 0 Å². The molecule has 0 aliphatic heterocycles. The molecule has 0 spiro atoms. The Morgan fingerprint density at radius 3 is 2.38 bits per heavy atom. The normalized spacial score (nSPS) is 10.2. The van der Waals surface area contributed by atoms with E-state index in [0.29, 0.717) is 30.6 Å². The molecule has 136 valence electrons. The SMILES string of the molecule is Cc1ccc(C(=O)NCCCNC(=O)c2cccc([N+](=O)[O-])c2C)cn1. The molecule has 1 aromatic heterocycles. The number of nitrogens with one attached hydrogen (secondary N) is 2. The summed E-state index contributed by atoms with van der Waals surface area (Å²) in [7, 11) is 0. The fraction of sp³-hybridized carbons (Fsp3) is 0.278. The molecule has 1 aromatic carbocycles. The number of carbonyl (C=O) groups is 2. The first-order valence-electron chi connectivity index (χ1n) is 8.13. The second-order valence-electron chi connectivity index (χ2n) is 5.76. The topological polar surface area (TPSA) is 114 Å². The minimum absolute atomic E-state index is 0.0865. The third-order valence-electron chi connectivity index (χ3n) is 3.84. The number of nitro groups is 1. The highest BCUT2D eigenvalue weighted by molar-refractivity contribution is 5.96. The molecule has 0 aliphatic carbocycles. The van der Waals surface area contributed by atoms with Crippen LogP contribution in [0.5, 0.6) is 0 Å². The molecule has 0 saturated carbocycles. The van der Waals surface area contributed by atoms with Gasteiger partial charge < -0.3 is 10.6 Å². The minimum atomic E-state index is -0.512. The molecule has 1 heterocycles. The Hall–Kier alpha value is -3.29. The van der Waals surface area contributed by atoms with Crippen molar-refractivity contribution < 1.29 is 14.5 Å². The summed E-state index contributed by atoms with van der Waals surface area (Å²) in [5, 5.41) is 16.4. The number of carbonyl (C=O) groups excluding carboxylic acids is 2. The van der Waals surface area contributed by atoms with Crippen LogP contribution >= 0.6 is 0 Å². The molecule has 2 amide bonds. The summed E-state index contributed by atoms with van der Waals surface area (Å²) in [5.41, 5.74) is 1.83. The van der Waals surface area contributed by atoms with Gasteiger partial charge in [-0.1, -0.05) is 6.07 Å². The van der Waals surface area contributed by atoms with Crippen molar-refractivity contribution in [3.63, 3.8) is 0 Å². The highest BCUT2D eigenvalue weighted by Crippen LogP contribution is 2.20. The lowest BCUT2D eigenvalue weighted by atomic mass is 10.1. The van der Waals surface area contributed by atoms with Gasteiger partial charge in [-0.05, 0) is 38.5 Å². The first-order chi connectivity index (χ1) is 12.4. The standard InChI is InChI=1S/C18H20N4O4/c1-12-7-8-14(11-21-12)17(23)19-9-4-10-20-18(24)15-5-3-6-16(13(15)2)22(25)26/h3,5-8,11H,4,9-10H2,1-2H3,(H,19,23)(H,20,24). The van der Waals surface area contributed by atoms with Gasteiger partial charge in [0.2, 0.25) is 0 Å². The maximum atomic E-state index is 12.2. The summed E-state index contributed by atoms with van der Waals surface area (Å²) < 4.78 is 0. The van der Waals surface area contributed by atoms with E-state index < -0.39 is 4.92 Å². The van der Waals surface area contributed by atoms with E-state index in [1.165, 1.54) is 18.3 Å². The molecular formula is C18H20N4O4. The lowest BCUT2D eigenvalue weighted by molar-refractivity contribution is -0.385. The first-order valence-corrected chi connectivity index (χ1v) is 8.13. The number of pyridine rings is 1. The minimum Gasteiger partial charge on any atom is -0.352 e. The molecule has 2 aromatic rings. The molecule has 0 unspecified atom stereocenters. The molecule has 0 fully saturated rings. The fourth-order valence-electron chi connectivity index (χ4n) is 2.36. The lowest BCUT2D eigenvalue weighted by Crippen LogP contribution is -2.30. The number of hydrogen-bond acceptors (Lipinski definition) is 5. The van der Waals surface area contributed by atoms with Crippen LogP contribution in [-0.2, 0) is 0 Å². The highest BCUT2D eigenvalue weighted by atomic mass is 16.6. The van der Waals surface area contributed by atoms with Gasteiger partial charge in [0.1, 0.15) is 0 Å². The fourth-order valence-corrected chi connectivity index (χ4v) is 2.36. The molecule has 0 aliphatic rings. The van der Waals surface area contributed by atoms with Crippen LogP contribution in [0.3, 0.4) is 0 Å². The smallest absolute Gasteiger partial charge is 0.273 e. The predicted molar refractivity (Wildman–Crippen MR) is 96.1 cm³/mol. The average Bonchev–Trinajstić information content (AvgIpc) is 2.61. The summed E-state index contributed by atoms with van der Waals surface area (Å²) in [4.78, 5) is 38.6. The second-order valence-corrected chi connectivity index (χ2v) is 5.76.